The number of carbonyl (C=O) groups excluding carboxylic acids is 2. The number of fused-ring (bicyclic) bond motifs is 1. The first-order chi connectivity index (χ1) is 19.2. The highest BCUT2D eigenvalue weighted by molar-refractivity contribution is 6.09. The Bertz CT molecular complexity index is 1710. The third-order valence-corrected chi connectivity index (χ3v) is 5.75. The predicted molar refractivity (Wildman–Crippen MR) is 141 cm³/mol. The lowest BCUT2D eigenvalue weighted by molar-refractivity contribution is -0.0494. The van der Waals surface area contributed by atoms with Crippen molar-refractivity contribution in [3.8, 4) is 28.5 Å². The van der Waals surface area contributed by atoms with E-state index in [9.17, 15) is 18.4 Å². The number of anilines is 1. The molecule has 40 heavy (non-hydrogen) atoms. The van der Waals surface area contributed by atoms with E-state index in [-0.39, 0.29) is 39.9 Å². The fraction of sp³-hybridized carbons (Fsp3) is 0.148. The molecule has 0 radical (unpaired) electrons. The SMILES string of the molecule is CN(C)C(=O)c1cccc(Oc2ccc(OC(F)F)c(-c3nn(C)cc3NC(=O)c3cnn4cccnc34)c2)c1. The van der Waals surface area contributed by atoms with Crippen LogP contribution < -0.4 is 14.8 Å². The molecule has 5 aromatic rings. The Labute approximate surface area is 226 Å². The van der Waals surface area contributed by atoms with Crippen molar-refractivity contribution in [2.24, 2.45) is 7.05 Å². The summed E-state index contributed by atoms with van der Waals surface area (Å²) in [6, 6.07) is 12.5. The molecular formula is C27H23F2N7O4. The Balaban J connectivity index is 1.50. The highest BCUT2D eigenvalue weighted by Crippen LogP contribution is 2.39. The van der Waals surface area contributed by atoms with Crippen molar-refractivity contribution in [3.05, 3.63) is 84.4 Å². The number of aromatic nitrogens is 5. The average Bonchev–Trinajstić information content (AvgIpc) is 3.52. The van der Waals surface area contributed by atoms with Gasteiger partial charge in [0.15, 0.2) is 5.65 Å². The van der Waals surface area contributed by atoms with Gasteiger partial charge < -0.3 is 19.7 Å². The topological polar surface area (TPSA) is 116 Å². The lowest BCUT2D eigenvalue weighted by Gasteiger charge is -2.14. The third kappa shape index (κ3) is 5.43. The molecule has 0 aliphatic heterocycles. The molecule has 2 amide bonds. The summed E-state index contributed by atoms with van der Waals surface area (Å²) in [6.07, 6.45) is 6.10. The van der Waals surface area contributed by atoms with Crippen LogP contribution in [0, 0.1) is 0 Å². The summed E-state index contributed by atoms with van der Waals surface area (Å²) in [5.41, 5.74) is 1.52. The van der Waals surface area contributed by atoms with Crippen molar-refractivity contribution in [1.29, 1.82) is 0 Å². The molecule has 13 heteroatoms. The molecule has 1 N–H and O–H groups in total. The van der Waals surface area contributed by atoms with E-state index in [4.69, 9.17) is 9.47 Å². The number of hydrogen-bond acceptors (Lipinski definition) is 7. The third-order valence-electron chi connectivity index (χ3n) is 5.75. The summed E-state index contributed by atoms with van der Waals surface area (Å²) in [4.78, 5) is 31.1. The molecule has 0 saturated carbocycles. The zero-order valence-corrected chi connectivity index (χ0v) is 21.6. The fourth-order valence-corrected chi connectivity index (χ4v) is 4.00. The lowest BCUT2D eigenvalue weighted by atomic mass is 10.1. The second kappa shape index (κ2) is 10.8. The molecule has 0 saturated heterocycles. The minimum Gasteiger partial charge on any atom is -0.457 e. The van der Waals surface area contributed by atoms with Gasteiger partial charge in [0.25, 0.3) is 11.8 Å². The van der Waals surface area contributed by atoms with Crippen LogP contribution in [-0.4, -0.2) is 61.8 Å². The van der Waals surface area contributed by atoms with Gasteiger partial charge in [-0.2, -0.15) is 19.0 Å². The zero-order chi connectivity index (χ0) is 28.4. The van der Waals surface area contributed by atoms with Gasteiger partial charge in [-0.1, -0.05) is 6.07 Å². The van der Waals surface area contributed by atoms with Crippen LogP contribution in [-0.2, 0) is 7.05 Å². The van der Waals surface area contributed by atoms with Gasteiger partial charge in [0, 0.05) is 45.3 Å². The van der Waals surface area contributed by atoms with Gasteiger partial charge in [-0.3, -0.25) is 14.3 Å². The fourth-order valence-electron chi connectivity index (χ4n) is 4.00. The Morgan fingerprint density at radius 2 is 1.88 bits per heavy atom. The maximum atomic E-state index is 13.3. The van der Waals surface area contributed by atoms with Gasteiger partial charge >= 0.3 is 6.61 Å². The van der Waals surface area contributed by atoms with E-state index in [1.165, 1.54) is 50.9 Å². The van der Waals surface area contributed by atoms with Crippen LogP contribution in [0.25, 0.3) is 16.9 Å². The minimum atomic E-state index is -3.11. The Morgan fingerprint density at radius 1 is 1.07 bits per heavy atom. The first-order valence-electron chi connectivity index (χ1n) is 11.9. The number of rotatable bonds is 8. The summed E-state index contributed by atoms with van der Waals surface area (Å²) in [5.74, 6) is -0.279. The van der Waals surface area contributed by atoms with Crippen molar-refractivity contribution in [2.45, 2.75) is 6.61 Å². The number of aryl methyl sites for hydroxylation is 1. The molecule has 0 spiro atoms. The van der Waals surface area contributed by atoms with Crippen molar-refractivity contribution >= 4 is 23.1 Å². The lowest BCUT2D eigenvalue weighted by Crippen LogP contribution is -2.21. The molecule has 0 bridgehead atoms. The van der Waals surface area contributed by atoms with Crippen molar-refractivity contribution < 1.29 is 27.8 Å². The van der Waals surface area contributed by atoms with Crippen LogP contribution in [0.15, 0.2) is 73.3 Å². The molecule has 0 aliphatic rings. The quantitative estimate of drug-likeness (QED) is 0.305. The molecule has 0 unspecified atom stereocenters. The number of nitrogens with one attached hydrogen (secondary N) is 1. The predicted octanol–water partition coefficient (Wildman–Crippen LogP) is 4.48. The summed E-state index contributed by atoms with van der Waals surface area (Å²) < 4.78 is 40.2. The van der Waals surface area contributed by atoms with Crippen LogP contribution in [0.2, 0.25) is 0 Å². The van der Waals surface area contributed by atoms with Gasteiger partial charge in [-0.05, 0) is 42.5 Å². The van der Waals surface area contributed by atoms with Crippen LogP contribution in [0.3, 0.4) is 0 Å². The van der Waals surface area contributed by atoms with E-state index in [2.05, 4.69) is 20.5 Å². The van der Waals surface area contributed by atoms with E-state index in [0.29, 0.717) is 17.0 Å². The Kier molecular flexibility index (Phi) is 7.10. The van der Waals surface area contributed by atoms with Crippen molar-refractivity contribution in [1.82, 2.24) is 29.3 Å². The molecule has 0 fully saturated rings. The molecule has 11 nitrogen and oxygen atoms in total. The van der Waals surface area contributed by atoms with E-state index in [0.717, 1.165) is 0 Å². The number of benzene rings is 2. The second-order valence-electron chi connectivity index (χ2n) is 8.83. The number of amides is 2. The van der Waals surface area contributed by atoms with Crippen LogP contribution in [0.5, 0.6) is 17.2 Å². The molecule has 0 atom stereocenters. The monoisotopic (exact) mass is 547 g/mol. The number of nitrogens with zero attached hydrogens (tertiary/aromatic N) is 6. The first-order valence-corrected chi connectivity index (χ1v) is 11.9. The van der Waals surface area contributed by atoms with Gasteiger partial charge in [-0.25, -0.2) is 9.50 Å². The van der Waals surface area contributed by atoms with Crippen LogP contribution in [0.1, 0.15) is 20.7 Å². The first kappa shape index (κ1) is 26.3. The molecule has 5 rings (SSSR count). The highest BCUT2D eigenvalue weighted by atomic mass is 19.3. The van der Waals surface area contributed by atoms with Crippen LogP contribution in [0.4, 0.5) is 14.5 Å². The van der Waals surface area contributed by atoms with E-state index in [1.807, 2.05) is 0 Å². The summed E-state index contributed by atoms with van der Waals surface area (Å²) >= 11 is 0. The standard InChI is InChI=1S/C27H23F2N7O4/c1-34(2)26(38)16-6-4-7-17(12-16)39-18-8-9-22(40-27(28)29)19(13-18)23-21(15-35(3)33-23)32-25(37)20-14-31-36-11-5-10-30-24(20)36/h4-15,27H,1-3H3,(H,32,37). The van der Waals surface area contributed by atoms with Crippen molar-refractivity contribution in [2.75, 3.05) is 19.4 Å². The zero-order valence-electron chi connectivity index (χ0n) is 21.6. The maximum absolute atomic E-state index is 13.3. The number of carbonyl (C=O) groups is 2. The molecular weight excluding hydrogens is 524 g/mol. The second-order valence-corrected chi connectivity index (χ2v) is 8.83. The molecule has 204 valence electrons. The number of halogens is 2. The summed E-state index contributed by atoms with van der Waals surface area (Å²) in [6.45, 7) is -3.11. The van der Waals surface area contributed by atoms with Gasteiger partial charge in [0.05, 0.1) is 17.4 Å². The highest BCUT2D eigenvalue weighted by Gasteiger charge is 2.22. The van der Waals surface area contributed by atoms with Crippen LogP contribution >= 0.6 is 0 Å². The normalized spacial score (nSPS) is 11.1. The number of hydrogen-bond donors (Lipinski definition) is 1. The average molecular weight is 548 g/mol. The van der Waals surface area contributed by atoms with Crippen molar-refractivity contribution in [3.63, 3.8) is 0 Å². The van der Waals surface area contributed by atoms with Gasteiger partial charge in [0.2, 0.25) is 0 Å². The van der Waals surface area contributed by atoms with Gasteiger partial charge in [0.1, 0.15) is 28.5 Å². The molecule has 2 aromatic carbocycles. The summed E-state index contributed by atoms with van der Waals surface area (Å²) in [5, 5.41) is 11.3. The van der Waals surface area contributed by atoms with E-state index < -0.39 is 12.5 Å². The molecule has 3 aromatic heterocycles. The molecule has 3 heterocycles. The minimum absolute atomic E-state index is 0.146. The maximum Gasteiger partial charge on any atom is 0.387 e. The number of ether oxygens (including phenoxy) is 2. The van der Waals surface area contributed by atoms with E-state index >= 15 is 0 Å². The number of alkyl halides is 2. The van der Waals surface area contributed by atoms with Gasteiger partial charge in [-0.15, -0.1) is 0 Å². The molecule has 0 aliphatic carbocycles. The Hall–Kier alpha value is -5.33. The Morgan fingerprint density at radius 3 is 2.65 bits per heavy atom. The van der Waals surface area contributed by atoms with E-state index in [1.54, 1.807) is 57.7 Å². The largest absolute Gasteiger partial charge is 0.457 e. The summed E-state index contributed by atoms with van der Waals surface area (Å²) in [7, 11) is 4.90. The smallest absolute Gasteiger partial charge is 0.387 e.